The smallest absolute Gasteiger partial charge is 0.225 e. The number of fused-ring (bicyclic) bond motifs is 1. The van der Waals surface area contributed by atoms with Gasteiger partial charge in [-0.2, -0.15) is 9.67 Å². The Morgan fingerprint density at radius 2 is 2.15 bits per heavy atom. The van der Waals surface area contributed by atoms with Gasteiger partial charge in [-0.25, -0.2) is 4.98 Å². The number of primary amides is 1. The molecule has 9 nitrogen and oxygen atoms in total. The van der Waals surface area contributed by atoms with Crippen molar-refractivity contribution in [2.75, 3.05) is 11.9 Å². The van der Waals surface area contributed by atoms with E-state index in [9.17, 15) is 4.79 Å². The number of hydrogen-bond acceptors (Lipinski definition) is 7. The molecule has 140 valence electrons. The molecule has 27 heavy (non-hydrogen) atoms. The Hall–Kier alpha value is -3.23. The third-order valence-electron chi connectivity index (χ3n) is 4.75. The third-order valence-corrected chi connectivity index (χ3v) is 4.75. The van der Waals surface area contributed by atoms with Gasteiger partial charge in [0.2, 0.25) is 11.9 Å². The van der Waals surface area contributed by atoms with Gasteiger partial charge in [0.05, 0.1) is 18.5 Å². The number of benzene rings is 1. The summed E-state index contributed by atoms with van der Waals surface area (Å²) in [5.74, 6) is 0.968. The maximum atomic E-state index is 11.3. The molecule has 3 N–H and O–H groups in total. The van der Waals surface area contributed by atoms with Gasteiger partial charge in [0.25, 0.3) is 0 Å². The minimum atomic E-state index is -0.242. The molecule has 1 aliphatic rings. The number of nitrogens with zero attached hydrogens (tertiary/aromatic N) is 5. The van der Waals surface area contributed by atoms with E-state index in [1.807, 2.05) is 31.2 Å². The Morgan fingerprint density at radius 3 is 2.85 bits per heavy atom. The molecule has 1 aliphatic carbocycles. The largest absolute Gasteiger partial charge is 0.494 e. The molecular weight excluding hydrogens is 346 g/mol. The van der Waals surface area contributed by atoms with Gasteiger partial charge < -0.3 is 15.8 Å². The number of aromatic nitrogens is 5. The first kappa shape index (κ1) is 17.2. The van der Waals surface area contributed by atoms with Crippen LogP contribution in [0.1, 0.15) is 26.2 Å². The van der Waals surface area contributed by atoms with Crippen molar-refractivity contribution in [1.82, 2.24) is 25.0 Å². The molecule has 3 aromatic rings. The molecule has 9 heteroatoms. The zero-order valence-corrected chi connectivity index (χ0v) is 15.0. The first-order valence-electron chi connectivity index (χ1n) is 9.01. The molecule has 1 amide bonds. The van der Waals surface area contributed by atoms with Crippen molar-refractivity contribution in [3.8, 4) is 11.4 Å². The van der Waals surface area contributed by atoms with Crippen molar-refractivity contribution in [3.63, 3.8) is 0 Å². The fourth-order valence-corrected chi connectivity index (χ4v) is 3.38. The summed E-state index contributed by atoms with van der Waals surface area (Å²) >= 11 is 0. The number of anilines is 1. The fourth-order valence-electron chi connectivity index (χ4n) is 3.38. The molecule has 2 heterocycles. The summed E-state index contributed by atoms with van der Waals surface area (Å²) < 4.78 is 7.14. The average molecular weight is 367 g/mol. The highest BCUT2D eigenvalue weighted by molar-refractivity contribution is 5.77. The van der Waals surface area contributed by atoms with Gasteiger partial charge in [-0.3, -0.25) is 4.79 Å². The summed E-state index contributed by atoms with van der Waals surface area (Å²) in [6.07, 6.45) is 4.00. The van der Waals surface area contributed by atoms with Gasteiger partial charge in [-0.1, -0.05) is 5.21 Å². The van der Waals surface area contributed by atoms with Crippen LogP contribution >= 0.6 is 0 Å². The van der Waals surface area contributed by atoms with Gasteiger partial charge in [0, 0.05) is 12.0 Å². The lowest BCUT2D eigenvalue weighted by atomic mass is 10.1. The van der Waals surface area contributed by atoms with Crippen LogP contribution < -0.4 is 15.8 Å². The maximum absolute atomic E-state index is 11.3. The molecule has 0 aliphatic heterocycles. The van der Waals surface area contributed by atoms with Crippen molar-refractivity contribution in [2.45, 2.75) is 32.2 Å². The van der Waals surface area contributed by atoms with E-state index in [1.165, 1.54) is 0 Å². The lowest BCUT2D eigenvalue weighted by Crippen LogP contribution is -2.23. The minimum Gasteiger partial charge on any atom is -0.494 e. The highest BCUT2D eigenvalue weighted by Crippen LogP contribution is 2.27. The van der Waals surface area contributed by atoms with Crippen molar-refractivity contribution in [1.29, 1.82) is 0 Å². The van der Waals surface area contributed by atoms with Crippen LogP contribution in [0.2, 0.25) is 0 Å². The van der Waals surface area contributed by atoms with Crippen LogP contribution in [0.25, 0.3) is 16.9 Å². The van der Waals surface area contributed by atoms with E-state index in [2.05, 4.69) is 25.6 Å². The van der Waals surface area contributed by atoms with Gasteiger partial charge in [0.15, 0.2) is 11.2 Å². The monoisotopic (exact) mass is 367 g/mol. The minimum absolute atomic E-state index is 0.0812. The molecule has 0 radical (unpaired) electrons. The summed E-state index contributed by atoms with van der Waals surface area (Å²) in [6, 6.07) is 7.71. The fraction of sp³-hybridized carbons (Fsp3) is 0.389. The summed E-state index contributed by atoms with van der Waals surface area (Å²) in [4.78, 5) is 20.2. The Morgan fingerprint density at radius 1 is 1.33 bits per heavy atom. The van der Waals surface area contributed by atoms with Crippen molar-refractivity contribution < 1.29 is 9.53 Å². The summed E-state index contributed by atoms with van der Waals surface area (Å²) in [5.41, 5.74) is 7.45. The zero-order valence-electron chi connectivity index (χ0n) is 15.0. The predicted octanol–water partition coefficient (Wildman–Crippen LogP) is 1.68. The van der Waals surface area contributed by atoms with Crippen molar-refractivity contribution in [2.24, 2.45) is 11.7 Å². The number of carbonyl (C=O) groups is 1. The quantitative estimate of drug-likeness (QED) is 0.680. The summed E-state index contributed by atoms with van der Waals surface area (Å²) in [6.45, 7) is 2.56. The molecule has 0 saturated heterocycles. The van der Waals surface area contributed by atoms with Crippen LogP contribution in [0.5, 0.6) is 5.75 Å². The number of ether oxygens (including phenoxy) is 1. The Bertz CT molecular complexity index is 954. The van der Waals surface area contributed by atoms with Crippen LogP contribution in [0.4, 0.5) is 5.95 Å². The van der Waals surface area contributed by atoms with Crippen LogP contribution in [0.3, 0.4) is 0 Å². The SMILES string of the molecule is CCOc1ccc(-n2nnc3cnc(N[C@@H]4CC[C@H](C(N)=O)C4)nc32)cc1. The molecule has 2 atom stereocenters. The molecule has 4 rings (SSSR count). The second-order valence-electron chi connectivity index (χ2n) is 6.58. The standard InChI is InChI=1S/C18H21N7O2/c1-2-27-14-7-5-13(6-8-14)25-17-15(23-24-25)10-20-18(22-17)21-12-4-3-11(9-12)16(19)26/h5-8,10-12H,2-4,9H2,1H3,(H2,19,26)(H,20,21,22)/t11-,12+/m0/s1. The lowest BCUT2D eigenvalue weighted by molar-refractivity contribution is -0.121. The van der Waals surface area contributed by atoms with Crippen LogP contribution in [0.15, 0.2) is 30.5 Å². The van der Waals surface area contributed by atoms with Gasteiger partial charge >= 0.3 is 0 Å². The molecule has 1 aromatic carbocycles. The third kappa shape index (κ3) is 3.53. The molecule has 1 fully saturated rings. The Balaban J connectivity index is 1.57. The van der Waals surface area contributed by atoms with Crippen LogP contribution in [-0.2, 0) is 4.79 Å². The second kappa shape index (κ2) is 7.18. The molecular formula is C18H21N7O2. The van der Waals surface area contributed by atoms with Gasteiger partial charge in [0.1, 0.15) is 5.75 Å². The number of rotatable bonds is 6. The van der Waals surface area contributed by atoms with E-state index in [1.54, 1.807) is 10.9 Å². The first-order chi connectivity index (χ1) is 13.1. The average Bonchev–Trinajstić information content (AvgIpc) is 3.30. The van der Waals surface area contributed by atoms with E-state index >= 15 is 0 Å². The van der Waals surface area contributed by atoms with Gasteiger partial charge in [-0.05, 0) is 50.5 Å². The number of carbonyl (C=O) groups excluding carboxylic acids is 1. The van der Waals surface area contributed by atoms with E-state index in [4.69, 9.17) is 10.5 Å². The van der Waals surface area contributed by atoms with Crippen LogP contribution in [0, 0.1) is 5.92 Å². The van der Waals surface area contributed by atoms with E-state index in [0.717, 1.165) is 24.3 Å². The Labute approximate surface area is 155 Å². The molecule has 0 spiro atoms. The topological polar surface area (TPSA) is 121 Å². The predicted molar refractivity (Wildman–Crippen MR) is 99.6 cm³/mol. The Kier molecular flexibility index (Phi) is 4.57. The number of nitrogens with one attached hydrogen (secondary N) is 1. The second-order valence-corrected chi connectivity index (χ2v) is 6.58. The summed E-state index contributed by atoms with van der Waals surface area (Å²) in [7, 11) is 0. The van der Waals surface area contributed by atoms with E-state index in [0.29, 0.717) is 30.1 Å². The van der Waals surface area contributed by atoms with E-state index < -0.39 is 0 Å². The normalized spacial score (nSPS) is 19.3. The van der Waals surface area contributed by atoms with Crippen molar-refractivity contribution >= 4 is 23.0 Å². The number of amides is 1. The van der Waals surface area contributed by atoms with E-state index in [-0.39, 0.29) is 17.9 Å². The first-order valence-corrected chi connectivity index (χ1v) is 9.01. The zero-order chi connectivity index (χ0) is 18.8. The number of hydrogen-bond donors (Lipinski definition) is 2. The lowest BCUT2D eigenvalue weighted by Gasteiger charge is -2.12. The highest BCUT2D eigenvalue weighted by atomic mass is 16.5. The highest BCUT2D eigenvalue weighted by Gasteiger charge is 2.28. The number of nitrogens with two attached hydrogens (primary N) is 1. The van der Waals surface area contributed by atoms with Crippen molar-refractivity contribution in [3.05, 3.63) is 30.5 Å². The molecule has 0 bridgehead atoms. The van der Waals surface area contributed by atoms with Gasteiger partial charge in [-0.15, -0.1) is 5.10 Å². The molecule has 1 saturated carbocycles. The maximum Gasteiger partial charge on any atom is 0.225 e. The van der Waals surface area contributed by atoms with Crippen LogP contribution in [-0.4, -0.2) is 43.5 Å². The molecule has 2 aromatic heterocycles. The summed E-state index contributed by atoms with van der Waals surface area (Å²) in [5, 5.41) is 11.6. The molecule has 0 unspecified atom stereocenters.